The Morgan fingerprint density at radius 1 is 1.57 bits per heavy atom. The molecule has 1 aliphatic rings. The van der Waals surface area contributed by atoms with Crippen LogP contribution in [0.25, 0.3) is 0 Å². The summed E-state index contributed by atoms with van der Waals surface area (Å²) in [5.41, 5.74) is 1.45. The largest absolute Gasteiger partial charge is 0.334 e. The zero-order valence-corrected chi connectivity index (χ0v) is 13.6. The van der Waals surface area contributed by atoms with Gasteiger partial charge in [0.1, 0.15) is 0 Å². The second kappa shape index (κ2) is 6.98. The van der Waals surface area contributed by atoms with Gasteiger partial charge in [0.05, 0.1) is 18.6 Å². The second-order valence-electron chi connectivity index (χ2n) is 5.27. The van der Waals surface area contributed by atoms with Crippen molar-refractivity contribution in [1.29, 1.82) is 0 Å². The normalized spacial score (nSPS) is 15.5. The lowest BCUT2D eigenvalue weighted by atomic mass is 10.1. The summed E-state index contributed by atoms with van der Waals surface area (Å²) in [6, 6.07) is 0.120. The number of carbonyl (C=O) groups excluding carboxylic acids is 1. The molecule has 6 nitrogen and oxygen atoms in total. The van der Waals surface area contributed by atoms with Crippen molar-refractivity contribution in [2.24, 2.45) is 7.05 Å². The summed E-state index contributed by atoms with van der Waals surface area (Å²) in [5.74, 6) is 0.908. The van der Waals surface area contributed by atoms with Crippen molar-refractivity contribution in [3.05, 3.63) is 27.9 Å². The average molecular weight is 310 g/mol. The predicted octanol–water partition coefficient (Wildman–Crippen LogP) is 0.990. The molecule has 1 N–H and O–H groups in total. The molecule has 0 aromatic carbocycles. The molecule has 1 aromatic heterocycles. The molecule has 0 spiro atoms. The van der Waals surface area contributed by atoms with E-state index in [1.807, 2.05) is 6.26 Å². The van der Waals surface area contributed by atoms with E-state index in [9.17, 15) is 9.59 Å². The Kier molecular flexibility index (Phi) is 5.27. The monoisotopic (exact) mass is 310 g/mol. The third kappa shape index (κ3) is 3.58. The van der Waals surface area contributed by atoms with Gasteiger partial charge in [0.2, 0.25) is 0 Å². The maximum atomic E-state index is 12.3. The third-order valence-corrected chi connectivity index (χ3v) is 4.50. The lowest BCUT2D eigenvalue weighted by Crippen LogP contribution is -2.48. The average Bonchev–Trinajstić information content (AvgIpc) is 2.50. The first-order valence-corrected chi connectivity index (χ1v) is 8.54. The van der Waals surface area contributed by atoms with E-state index >= 15 is 0 Å². The maximum Gasteiger partial charge on any atom is 0.318 e. The molecule has 2 rings (SSSR count). The highest BCUT2D eigenvalue weighted by Crippen LogP contribution is 2.13. The highest BCUT2D eigenvalue weighted by molar-refractivity contribution is 7.98. The molecule has 0 unspecified atom stereocenters. The Morgan fingerprint density at radius 2 is 2.33 bits per heavy atom. The van der Waals surface area contributed by atoms with Crippen LogP contribution in [0.1, 0.15) is 24.6 Å². The summed E-state index contributed by atoms with van der Waals surface area (Å²) in [4.78, 5) is 30.3. The molecule has 21 heavy (non-hydrogen) atoms. The number of fused-ring (bicyclic) bond motifs is 1. The Morgan fingerprint density at radius 3 is 3.00 bits per heavy atom. The van der Waals surface area contributed by atoms with Gasteiger partial charge in [0.25, 0.3) is 5.56 Å². The molecule has 116 valence electrons. The minimum absolute atomic E-state index is 0.00567. The quantitative estimate of drug-likeness (QED) is 0.900. The fourth-order valence-corrected chi connectivity index (χ4v) is 3.14. The van der Waals surface area contributed by atoms with Crippen molar-refractivity contribution in [3.63, 3.8) is 0 Å². The Hall–Kier alpha value is -1.50. The molecule has 0 saturated carbocycles. The van der Waals surface area contributed by atoms with Crippen LogP contribution in [0.2, 0.25) is 0 Å². The summed E-state index contributed by atoms with van der Waals surface area (Å²) in [5, 5.41) is 3.05. The lowest BCUT2D eigenvalue weighted by Gasteiger charge is -2.29. The smallest absolute Gasteiger partial charge is 0.318 e. The Bertz CT molecular complexity index is 573. The van der Waals surface area contributed by atoms with Gasteiger partial charge in [0, 0.05) is 31.0 Å². The van der Waals surface area contributed by atoms with Crippen LogP contribution in [-0.4, -0.2) is 45.1 Å². The van der Waals surface area contributed by atoms with Gasteiger partial charge in [-0.05, 0) is 19.1 Å². The van der Waals surface area contributed by atoms with Crippen LogP contribution < -0.4 is 10.9 Å². The second-order valence-corrected chi connectivity index (χ2v) is 6.18. The summed E-state index contributed by atoms with van der Waals surface area (Å²) < 4.78 is 1.49. The molecule has 0 radical (unpaired) electrons. The van der Waals surface area contributed by atoms with E-state index in [0.29, 0.717) is 19.5 Å². The van der Waals surface area contributed by atoms with E-state index in [2.05, 4.69) is 17.2 Å². The number of rotatable bonds is 4. The zero-order valence-electron chi connectivity index (χ0n) is 12.8. The Labute approximate surface area is 128 Å². The standard InChI is InChI=1S/C14H22N4O2S/c1-4-10(8-21-3)16-14(20)18-6-5-11-12(7-18)15-9-17(2)13(11)19/h9-10H,4-8H2,1-3H3,(H,16,20)/t10-/m1/s1. The van der Waals surface area contributed by atoms with Gasteiger partial charge in [-0.2, -0.15) is 11.8 Å². The van der Waals surface area contributed by atoms with Gasteiger partial charge in [-0.25, -0.2) is 9.78 Å². The number of hydrogen-bond acceptors (Lipinski definition) is 4. The van der Waals surface area contributed by atoms with Crippen molar-refractivity contribution in [1.82, 2.24) is 19.8 Å². The summed E-state index contributed by atoms with van der Waals surface area (Å²) in [6.45, 7) is 3.04. The maximum absolute atomic E-state index is 12.3. The summed E-state index contributed by atoms with van der Waals surface area (Å²) in [6.07, 6.45) is 5.04. The van der Waals surface area contributed by atoms with Gasteiger partial charge < -0.3 is 14.8 Å². The number of aromatic nitrogens is 2. The number of aryl methyl sites for hydroxylation is 1. The van der Waals surface area contributed by atoms with Crippen LogP contribution in [0.4, 0.5) is 4.79 Å². The number of carbonyl (C=O) groups is 1. The molecule has 0 fully saturated rings. The molecular formula is C14H22N4O2S. The minimum atomic E-state index is -0.0657. The van der Waals surface area contributed by atoms with E-state index in [-0.39, 0.29) is 17.6 Å². The zero-order chi connectivity index (χ0) is 15.4. The number of nitrogens with one attached hydrogen (secondary N) is 1. The van der Waals surface area contributed by atoms with Gasteiger partial charge >= 0.3 is 6.03 Å². The number of urea groups is 1. The van der Waals surface area contributed by atoms with Gasteiger partial charge in [-0.15, -0.1) is 0 Å². The third-order valence-electron chi connectivity index (χ3n) is 3.76. The van der Waals surface area contributed by atoms with Crippen molar-refractivity contribution in [3.8, 4) is 0 Å². The molecular weight excluding hydrogens is 288 g/mol. The van der Waals surface area contributed by atoms with E-state index in [4.69, 9.17) is 0 Å². The SMILES string of the molecule is CC[C@H](CSC)NC(=O)N1CCc2c(ncn(C)c2=O)C1. The van der Waals surface area contributed by atoms with Gasteiger partial charge in [-0.1, -0.05) is 6.92 Å². The topological polar surface area (TPSA) is 67.2 Å². The lowest BCUT2D eigenvalue weighted by molar-refractivity contribution is 0.187. The molecule has 2 amide bonds. The number of hydrogen-bond donors (Lipinski definition) is 1. The number of nitrogens with zero attached hydrogens (tertiary/aromatic N) is 3. The van der Waals surface area contributed by atoms with E-state index in [1.54, 1.807) is 23.7 Å². The fourth-order valence-electron chi connectivity index (χ4n) is 2.42. The fraction of sp³-hybridized carbons (Fsp3) is 0.643. The highest BCUT2D eigenvalue weighted by Gasteiger charge is 2.25. The van der Waals surface area contributed by atoms with E-state index in [1.165, 1.54) is 10.9 Å². The molecule has 0 bridgehead atoms. The van der Waals surface area contributed by atoms with Crippen LogP contribution in [0.5, 0.6) is 0 Å². The summed E-state index contributed by atoms with van der Waals surface area (Å²) in [7, 11) is 1.70. The van der Waals surface area contributed by atoms with Crippen LogP contribution in [-0.2, 0) is 20.0 Å². The van der Waals surface area contributed by atoms with Gasteiger partial charge in [0.15, 0.2) is 0 Å². The van der Waals surface area contributed by atoms with Crippen LogP contribution in [0.15, 0.2) is 11.1 Å². The Balaban J connectivity index is 2.06. The number of amides is 2. The van der Waals surface area contributed by atoms with Crippen LogP contribution >= 0.6 is 11.8 Å². The first-order valence-electron chi connectivity index (χ1n) is 7.14. The van der Waals surface area contributed by atoms with Crippen LogP contribution in [0.3, 0.4) is 0 Å². The summed E-state index contributed by atoms with van der Waals surface area (Å²) >= 11 is 1.73. The van der Waals surface area contributed by atoms with Crippen molar-refractivity contribution < 1.29 is 4.79 Å². The van der Waals surface area contributed by atoms with E-state index < -0.39 is 0 Å². The predicted molar refractivity (Wildman–Crippen MR) is 84.6 cm³/mol. The minimum Gasteiger partial charge on any atom is -0.334 e. The first-order chi connectivity index (χ1) is 10.1. The van der Waals surface area contributed by atoms with Crippen molar-refractivity contribution >= 4 is 17.8 Å². The molecule has 1 aliphatic heterocycles. The molecule has 0 saturated heterocycles. The van der Waals surface area contributed by atoms with E-state index in [0.717, 1.165) is 23.4 Å². The highest BCUT2D eigenvalue weighted by atomic mass is 32.2. The molecule has 1 aromatic rings. The number of thioether (sulfide) groups is 1. The van der Waals surface area contributed by atoms with Crippen LogP contribution in [0, 0.1) is 0 Å². The molecule has 0 aliphatic carbocycles. The molecule has 1 atom stereocenters. The van der Waals surface area contributed by atoms with Crippen molar-refractivity contribution in [2.45, 2.75) is 32.4 Å². The van der Waals surface area contributed by atoms with Crippen molar-refractivity contribution in [2.75, 3.05) is 18.6 Å². The molecule has 2 heterocycles. The van der Waals surface area contributed by atoms with Gasteiger partial charge in [-0.3, -0.25) is 4.79 Å². The molecule has 7 heteroatoms. The first kappa shape index (κ1) is 15.9.